The first-order valence-electron chi connectivity index (χ1n) is 5.05. The fourth-order valence-corrected chi connectivity index (χ4v) is 1.58. The minimum Gasteiger partial charge on any atom is -0.341 e. The zero-order valence-electron chi connectivity index (χ0n) is 8.89. The van der Waals surface area contributed by atoms with Crippen LogP contribution in [0.4, 0.5) is 0 Å². The van der Waals surface area contributed by atoms with Crippen molar-refractivity contribution in [2.45, 2.75) is 25.4 Å². The van der Waals surface area contributed by atoms with Crippen LogP contribution in [0.2, 0.25) is 5.15 Å². The van der Waals surface area contributed by atoms with Gasteiger partial charge < -0.3 is 4.90 Å². The lowest BCUT2D eigenvalue weighted by molar-refractivity contribution is -0.131. The Morgan fingerprint density at radius 1 is 1.69 bits per heavy atom. The molecule has 1 aromatic heterocycles. The summed E-state index contributed by atoms with van der Waals surface area (Å²) < 4.78 is 1.26. The molecule has 2 rings (SSSR count). The minimum atomic E-state index is -0.308. The molecule has 1 saturated carbocycles. The maximum Gasteiger partial charge on any atom is 0.255 e. The lowest BCUT2D eigenvalue weighted by atomic mass is 10.4. The highest BCUT2D eigenvalue weighted by Crippen LogP contribution is 2.25. The van der Waals surface area contributed by atoms with Gasteiger partial charge in [0.05, 0.1) is 6.33 Å². The van der Waals surface area contributed by atoms with Crippen molar-refractivity contribution in [3.63, 3.8) is 0 Å². The molecule has 1 aliphatic carbocycles. The Kier molecular flexibility index (Phi) is 2.96. The molecule has 5 nitrogen and oxygen atoms in total. The maximum atomic E-state index is 11.7. The number of rotatable bonds is 3. The van der Waals surface area contributed by atoms with E-state index in [9.17, 15) is 9.59 Å². The molecular formula is C10H12ClN3O2. The molecule has 0 atom stereocenters. The maximum absolute atomic E-state index is 11.7. The normalized spacial score (nSPS) is 14.9. The van der Waals surface area contributed by atoms with E-state index in [2.05, 4.69) is 4.98 Å². The molecular weight excluding hydrogens is 230 g/mol. The van der Waals surface area contributed by atoms with Crippen molar-refractivity contribution in [1.29, 1.82) is 0 Å². The molecule has 0 aliphatic heterocycles. The fraction of sp³-hybridized carbons (Fsp3) is 0.500. The SMILES string of the molecule is CN(C(=O)Cn1cnc(Cl)cc1=O)C1CC1. The average Bonchev–Trinajstić information content (AvgIpc) is 3.04. The van der Waals surface area contributed by atoms with E-state index in [1.165, 1.54) is 17.0 Å². The number of likely N-dealkylation sites (N-methyl/N-ethyl adjacent to an activating group) is 1. The van der Waals surface area contributed by atoms with E-state index < -0.39 is 0 Å². The van der Waals surface area contributed by atoms with Crippen molar-refractivity contribution < 1.29 is 4.79 Å². The lowest BCUT2D eigenvalue weighted by Gasteiger charge is -2.16. The van der Waals surface area contributed by atoms with Gasteiger partial charge >= 0.3 is 0 Å². The fourth-order valence-electron chi connectivity index (χ4n) is 1.45. The third-order valence-corrected chi connectivity index (χ3v) is 2.85. The van der Waals surface area contributed by atoms with Crippen LogP contribution >= 0.6 is 11.6 Å². The van der Waals surface area contributed by atoms with Gasteiger partial charge in [-0.25, -0.2) is 4.98 Å². The molecule has 6 heteroatoms. The van der Waals surface area contributed by atoms with Gasteiger partial charge in [-0.2, -0.15) is 0 Å². The van der Waals surface area contributed by atoms with E-state index in [4.69, 9.17) is 11.6 Å². The van der Waals surface area contributed by atoms with Crippen LogP contribution < -0.4 is 5.56 Å². The van der Waals surface area contributed by atoms with Crippen LogP contribution in [-0.2, 0) is 11.3 Å². The third-order valence-electron chi connectivity index (χ3n) is 2.64. The number of hydrogen-bond donors (Lipinski definition) is 0. The van der Waals surface area contributed by atoms with E-state index in [1.54, 1.807) is 11.9 Å². The van der Waals surface area contributed by atoms with E-state index in [1.807, 2.05) is 0 Å². The van der Waals surface area contributed by atoms with Crippen LogP contribution in [0.5, 0.6) is 0 Å². The van der Waals surface area contributed by atoms with Gasteiger partial charge in [0, 0.05) is 19.2 Å². The number of hydrogen-bond acceptors (Lipinski definition) is 3. The third kappa shape index (κ3) is 2.41. The monoisotopic (exact) mass is 241 g/mol. The predicted octanol–water partition coefficient (Wildman–Crippen LogP) is 0.517. The Hall–Kier alpha value is -1.36. The molecule has 0 aromatic carbocycles. The zero-order chi connectivity index (χ0) is 11.7. The summed E-state index contributed by atoms with van der Waals surface area (Å²) in [7, 11) is 1.76. The molecule has 0 bridgehead atoms. The quantitative estimate of drug-likeness (QED) is 0.725. The van der Waals surface area contributed by atoms with Crippen molar-refractivity contribution in [2.24, 2.45) is 0 Å². The summed E-state index contributed by atoms with van der Waals surface area (Å²) in [5, 5.41) is 0.143. The molecule has 0 radical (unpaired) electrons. The molecule has 0 N–H and O–H groups in total. The van der Waals surface area contributed by atoms with Gasteiger partial charge in [-0.15, -0.1) is 0 Å². The molecule has 0 saturated heterocycles. The summed E-state index contributed by atoms with van der Waals surface area (Å²) in [5.74, 6) is -0.0753. The number of amides is 1. The van der Waals surface area contributed by atoms with Crippen LogP contribution in [0.1, 0.15) is 12.8 Å². The number of carbonyl (C=O) groups is 1. The molecule has 1 amide bonds. The first kappa shape index (κ1) is 11.1. The largest absolute Gasteiger partial charge is 0.341 e. The van der Waals surface area contributed by atoms with Crippen LogP contribution in [0.15, 0.2) is 17.2 Å². The molecule has 0 unspecified atom stereocenters. The highest BCUT2D eigenvalue weighted by Gasteiger charge is 2.29. The summed E-state index contributed by atoms with van der Waals surface area (Å²) >= 11 is 5.56. The second kappa shape index (κ2) is 4.25. The smallest absolute Gasteiger partial charge is 0.255 e. The van der Waals surface area contributed by atoms with Gasteiger partial charge in [-0.3, -0.25) is 14.2 Å². The molecule has 86 valence electrons. The highest BCUT2D eigenvalue weighted by atomic mass is 35.5. The number of nitrogens with zero attached hydrogens (tertiary/aromatic N) is 3. The Labute approximate surface area is 97.7 Å². The summed E-state index contributed by atoms with van der Waals surface area (Å²) in [6.45, 7) is 0.0238. The Balaban J connectivity index is 2.08. The van der Waals surface area contributed by atoms with Gasteiger partial charge in [0.25, 0.3) is 5.56 Å². The molecule has 1 aliphatic rings. The van der Waals surface area contributed by atoms with Gasteiger partial charge in [0.1, 0.15) is 11.7 Å². The van der Waals surface area contributed by atoms with E-state index >= 15 is 0 Å². The predicted molar refractivity (Wildman–Crippen MR) is 59.3 cm³/mol. The van der Waals surface area contributed by atoms with E-state index in [-0.39, 0.29) is 23.2 Å². The van der Waals surface area contributed by atoms with Gasteiger partial charge in [-0.1, -0.05) is 11.6 Å². The molecule has 16 heavy (non-hydrogen) atoms. The standard InChI is InChI=1S/C10H12ClN3O2/c1-13(7-2-3-7)10(16)5-14-6-12-8(11)4-9(14)15/h4,6-7H,2-3,5H2,1H3. The second-order valence-corrected chi connectivity index (χ2v) is 4.30. The number of aromatic nitrogens is 2. The van der Waals surface area contributed by atoms with Crippen molar-refractivity contribution in [2.75, 3.05) is 7.05 Å². The number of carbonyl (C=O) groups excluding carboxylic acids is 1. The number of halogens is 1. The van der Waals surface area contributed by atoms with Crippen molar-refractivity contribution in [3.05, 3.63) is 27.9 Å². The highest BCUT2D eigenvalue weighted by molar-refractivity contribution is 6.29. The first-order chi connectivity index (χ1) is 7.58. The topological polar surface area (TPSA) is 55.2 Å². The Morgan fingerprint density at radius 3 is 2.94 bits per heavy atom. The molecule has 1 aromatic rings. The molecule has 0 spiro atoms. The van der Waals surface area contributed by atoms with Crippen LogP contribution in [-0.4, -0.2) is 33.4 Å². The summed E-state index contributed by atoms with van der Waals surface area (Å²) in [6.07, 6.45) is 3.40. The van der Waals surface area contributed by atoms with Crippen molar-refractivity contribution >= 4 is 17.5 Å². The first-order valence-corrected chi connectivity index (χ1v) is 5.43. The second-order valence-electron chi connectivity index (χ2n) is 3.91. The summed E-state index contributed by atoms with van der Waals surface area (Å²) in [5.41, 5.74) is -0.308. The Bertz CT molecular complexity index is 467. The van der Waals surface area contributed by atoms with Gasteiger partial charge in [-0.05, 0) is 12.8 Å². The van der Waals surface area contributed by atoms with Crippen LogP contribution in [0.3, 0.4) is 0 Å². The average molecular weight is 242 g/mol. The van der Waals surface area contributed by atoms with Crippen LogP contribution in [0, 0.1) is 0 Å². The van der Waals surface area contributed by atoms with Crippen LogP contribution in [0.25, 0.3) is 0 Å². The van der Waals surface area contributed by atoms with E-state index in [0.29, 0.717) is 6.04 Å². The zero-order valence-corrected chi connectivity index (χ0v) is 9.65. The minimum absolute atomic E-state index is 0.0238. The summed E-state index contributed by atoms with van der Waals surface area (Å²) in [4.78, 5) is 28.6. The van der Waals surface area contributed by atoms with Gasteiger partial charge in [0.15, 0.2) is 0 Å². The van der Waals surface area contributed by atoms with Crippen molar-refractivity contribution in [3.8, 4) is 0 Å². The van der Waals surface area contributed by atoms with E-state index in [0.717, 1.165) is 12.8 Å². The molecule has 1 fully saturated rings. The lowest BCUT2D eigenvalue weighted by Crippen LogP contribution is -2.35. The summed E-state index contributed by atoms with van der Waals surface area (Å²) in [6, 6.07) is 1.55. The van der Waals surface area contributed by atoms with Crippen molar-refractivity contribution in [1.82, 2.24) is 14.5 Å². The molecule has 1 heterocycles. The Morgan fingerprint density at radius 2 is 2.38 bits per heavy atom. The van der Waals surface area contributed by atoms with Gasteiger partial charge in [0.2, 0.25) is 5.91 Å².